The van der Waals surface area contributed by atoms with Gasteiger partial charge in [-0.15, -0.1) is 0 Å². The molecule has 0 saturated heterocycles. The van der Waals surface area contributed by atoms with Crippen LogP contribution in [0.4, 0.5) is 0 Å². The summed E-state index contributed by atoms with van der Waals surface area (Å²) in [5, 5.41) is 5.71. The Morgan fingerprint density at radius 3 is 1.71 bits per heavy atom. The van der Waals surface area contributed by atoms with Crippen molar-refractivity contribution in [3.63, 3.8) is 0 Å². The Morgan fingerprint density at radius 2 is 0.961 bits per heavy atom. The second kappa shape index (κ2) is 11.9. The molecule has 0 bridgehead atoms. The minimum Gasteiger partial charge on any atom is -0.308 e. The van der Waals surface area contributed by atoms with E-state index in [0.717, 1.165) is 83.1 Å². The second-order valence-corrected chi connectivity index (χ2v) is 12.8. The van der Waals surface area contributed by atoms with Gasteiger partial charge in [0, 0.05) is 43.8 Å². The largest absolute Gasteiger partial charge is 0.308 e. The van der Waals surface area contributed by atoms with Crippen LogP contribution < -0.4 is 0 Å². The predicted molar refractivity (Wildman–Crippen MR) is 211 cm³/mol. The number of nitrogens with zero attached hydrogens (tertiary/aromatic N) is 4. The summed E-state index contributed by atoms with van der Waals surface area (Å²) in [6.45, 7) is 0. The Balaban J connectivity index is 1.28. The van der Waals surface area contributed by atoms with E-state index < -0.39 is 0 Å². The van der Waals surface area contributed by atoms with E-state index >= 15 is 0 Å². The first-order valence-electron chi connectivity index (χ1n) is 17.2. The summed E-state index contributed by atoms with van der Waals surface area (Å²) < 4.78 is 2.44. The molecule has 0 spiro atoms. The lowest BCUT2D eigenvalue weighted by Crippen LogP contribution is -1.99. The van der Waals surface area contributed by atoms with E-state index in [2.05, 4.69) is 162 Å². The van der Waals surface area contributed by atoms with E-state index in [4.69, 9.17) is 15.0 Å². The standard InChI is InChI=1S/C47H30N4/c1-4-16-31(17-5-1)40-30-41(50-47(49-40)33-20-8-3-9-21-33)35-28-29-43(36-23-11-10-22-34(35)36)51-42-27-15-13-25-38(42)44-45(32-18-6-2-7-19-32)48-39-26-14-12-24-37(39)46(44)51/h1-30H. The average molecular weight is 651 g/mol. The van der Waals surface area contributed by atoms with Crippen molar-refractivity contribution in [2.45, 2.75) is 0 Å². The third-order valence-corrected chi connectivity index (χ3v) is 9.80. The van der Waals surface area contributed by atoms with Crippen LogP contribution in [0, 0.1) is 0 Å². The maximum Gasteiger partial charge on any atom is 0.160 e. The third-order valence-electron chi connectivity index (χ3n) is 9.80. The normalized spacial score (nSPS) is 11.5. The molecule has 0 radical (unpaired) electrons. The van der Waals surface area contributed by atoms with Crippen molar-refractivity contribution >= 4 is 43.5 Å². The van der Waals surface area contributed by atoms with Crippen molar-refractivity contribution in [3.05, 3.63) is 182 Å². The first-order chi connectivity index (χ1) is 25.3. The van der Waals surface area contributed by atoms with Gasteiger partial charge in [-0.3, -0.25) is 0 Å². The number of benzene rings is 7. The molecule has 0 aliphatic heterocycles. The lowest BCUT2D eigenvalue weighted by Gasteiger charge is -2.16. The van der Waals surface area contributed by atoms with Crippen LogP contribution in [0.1, 0.15) is 0 Å². The van der Waals surface area contributed by atoms with Crippen LogP contribution in [0.15, 0.2) is 182 Å². The molecule has 0 aliphatic rings. The Labute approximate surface area is 295 Å². The van der Waals surface area contributed by atoms with E-state index in [1.807, 2.05) is 24.3 Å². The van der Waals surface area contributed by atoms with Gasteiger partial charge in [0.1, 0.15) is 0 Å². The van der Waals surface area contributed by atoms with Crippen LogP contribution >= 0.6 is 0 Å². The fraction of sp³-hybridized carbons (Fsp3) is 0. The molecular weight excluding hydrogens is 621 g/mol. The molecule has 10 rings (SSSR count). The lowest BCUT2D eigenvalue weighted by atomic mass is 9.98. The van der Waals surface area contributed by atoms with Gasteiger partial charge in [-0.05, 0) is 29.7 Å². The van der Waals surface area contributed by atoms with Crippen LogP contribution in [0.25, 0.3) is 94.3 Å². The third kappa shape index (κ3) is 4.80. The Bertz CT molecular complexity index is 2840. The van der Waals surface area contributed by atoms with Crippen LogP contribution in [0.3, 0.4) is 0 Å². The molecule has 0 amide bonds. The van der Waals surface area contributed by atoms with Gasteiger partial charge >= 0.3 is 0 Å². The monoisotopic (exact) mass is 650 g/mol. The quantitative estimate of drug-likeness (QED) is 0.186. The second-order valence-electron chi connectivity index (χ2n) is 12.8. The van der Waals surface area contributed by atoms with Crippen molar-refractivity contribution in [1.29, 1.82) is 0 Å². The van der Waals surface area contributed by atoms with Crippen molar-refractivity contribution in [2.75, 3.05) is 0 Å². The molecule has 10 aromatic rings. The first-order valence-corrected chi connectivity index (χ1v) is 17.2. The Hall–Kier alpha value is -6.91. The van der Waals surface area contributed by atoms with Crippen molar-refractivity contribution in [1.82, 2.24) is 19.5 Å². The molecule has 0 aliphatic carbocycles. The highest BCUT2D eigenvalue weighted by molar-refractivity contribution is 6.23. The number of rotatable bonds is 5. The summed E-state index contributed by atoms with van der Waals surface area (Å²) >= 11 is 0. The summed E-state index contributed by atoms with van der Waals surface area (Å²) in [5.41, 5.74) is 11.3. The van der Waals surface area contributed by atoms with Gasteiger partial charge in [0.25, 0.3) is 0 Å². The summed E-state index contributed by atoms with van der Waals surface area (Å²) in [4.78, 5) is 15.5. The van der Waals surface area contributed by atoms with Gasteiger partial charge in [0.2, 0.25) is 0 Å². The van der Waals surface area contributed by atoms with Gasteiger partial charge in [-0.1, -0.05) is 158 Å². The average Bonchev–Trinajstić information content (AvgIpc) is 3.56. The molecule has 0 fully saturated rings. The molecule has 4 heteroatoms. The highest BCUT2D eigenvalue weighted by Gasteiger charge is 2.22. The van der Waals surface area contributed by atoms with E-state index in [9.17, 15) is 0 Å². The first kappa shape index (κ1) is 29.0. The number of aromatic nitrogens is 4. The van der Waals surface area contributed by atoms with E-state index in [1.54, 1.807) is 0 Å². The number of hydrogen-bond acceptors (Lipinski definition) is 3. The summed E-state index contributed by atoms with van der Waals surface area (Å²) in [6.07, 6.45) is 0. The maximum atomic E-state index is 5.29. The fourth-order valence-corrected chi connectivity index (χ4v) is 7.50. The lowest BCUT2D eigenvalue weighted by molar-refractivity contribution is 1.18. The van der Waals surface area contributed by atoms with Gasteiger partial charge in [-0.25, -0.2) is 15.0 Å². The smallest absolute Gasteiger partial charge is 0.160 e. The summed E-state index contributed by atoms with van der Waals surface area (Å²) in [7, 11) is 0. The SMILES string of the molecule is c1ccc(-c2cc(-c3ccc(-n4c5ccccc5c5c(-c6ccccc6)nc6ccccc6c54)c4ccccc34)nc(-c3ccccc3)n2)cc1. The van der Waals surface area contributed by atoms with Gasteiger partial charge in [0.15, 0.2) is 5.82 Å². The van der Waals surface area contributed by atoms with Gasteiger partial charge < -0.3 is 4.57 Å². The van der Waals surface area contributed by atoms with Crippen molar-refractivity contribution in [3.8, 4) is 50.8 Å². The van der Waals surface area contributed by atoms with Crippen molar-refractivity contribution in [2.24, 2.45) is 0 Å². The minimum atomic E-state index is 0.704. The highest BCUT2D eigenvalue weighted by Crippen LogP contribution is 2.43. The zero-order valence-corrected chi connectivity index (χ0v) is 27.6. The van der Waals surface area contributed by atoms with Crippen molar-refractivity contribution < 1.29 is 0 Å². The van der Waals surface area contributed by atoms with Gasteiger partial charge in [-0.2, -0.15) is 0 Å². The molecule has 4 nitrogen and oxygen atoms in total. The van der Waals surface area contributed by atoms with Crippen LogP contribution in [0.5, 0.6) is 0 Å². The fourth-order valence-electron chi connectivity index (χ4n) is 7.50. The van der Waals surface area contributed by atoms with Crippen LogP contribution in [-0.2, 0) is 0 Å². The van der Waals surface area contributed by atoms with E-state index in [0.29, 0.717) is 5.82 Å². The van der Waals surface area contributed by atoms with Gasteiger partial charge in [0.05, 0.1) is 39.3 Å². The molecule has 0 saturated carbocycles. The number of hydrogen-bond donors (Lipinski definition) is 0. The Kier molecular flexibility index (Phi) is 6.78. The molecule has 0 unspecified atom stereocenters. The minimum absolute atomic E-state index is 0.704. The molecule has 51 heavy (non-hydrogen) atoms. The number of fused-ring (bicyclic) bond motifs is 6. The maximum absolute atomic E-state index is 5.29. The predicted octanol–water partition coefficient (Wildman–Crippen LogP) is 11.9. The van der Waals surface area contributed by atoms with E-state index in [1.165, 1.54) is 5.39 Å². The molecule has 238 valence electrons. The molecule has 0 atom stereocenters. The topological polar surface area (TPSA) is 43.6 Å². The van der Waals surface area contributed by atoms with E-state index in [-0.39, 0.29) is 0 Å². The highest BCUT2D eigenvalue weighted by atomic mass is 15.0. The zero-order chi connectivity index (χ0) is 33.7. The Morgan fingerprint density at radius 1 is 0.392 bits per heavy atom. The molecule has 7 aromatic carbocycles. The summed E-state index contributed by atoms with van der Waals surface area (Å²) in [5.74, 6) is 0.704. The van der Waals surface area contributed by atoms with Crippen LogP contribution in [0.2, 0.25) is 0 Å². The zero-order valence-electron chi connectivity index (χ0n) is 27.6. The number of para-hydroxylation sites is 2. The molecule has 3 aromatic heterocycles. The molecular formula is C47H30N4. The molecule has 3 heterocycles. The summed E-state index contributed by atoms with van der Waals surface area (Å²) in [6, 6.07) is 63.6. The van der Waals surface area contributed by atoms with Crippen LogP contribution in [-0.4, -0.2) is 19.5 Å². The number of pyridine rings is 1. The molecule has 0 N–H and O–H groups in total.